The highest BCUT2D eigenvalue weighted by Gasteiger charge is 2.15. The van der Waals surface area contributed by atoms with Gasteiger partial charge >= 0.3 is 0 Å². The minimum Gasteiger partial charge on any atom is -0.493 e. The van der Waals surface area contributed by atoms with Gasteiger partial charge in [-0.05, 0) is 47.5 Å². The van der Waals surface area contributed by atoms with Crippen molar-refractivity contribution in [3.63, 3.8) is 0 Å². The molecule has 5 heteroatoms. The molecule has 0 saturated heterocycles. The maximum Gasteiger partial charge on any atom is 0.231 e. The lowest BCUT2D eigenvalue weighted by Gasteiger charge is -2.08. The van der Waals surface area contributed by atoms with Gasteiger partial charge in [0.05, 0.1) is 25.9 Å². The standard InChI is InChI=1S/C18H15NO4/c1-20-15-5-3-12(8-17(15)21-2)7-14(10-19)13-4-6-16-18(9-13)23-11-22-16/h3-9H,11H2,1-2H3/b14-7+. The molecule has 0 N–H and O–H groups in total. The second-order valence-electron chi connectivity index (χ2n) is 4.85. The first-order valence-corrected chi connectivity index (χ1v) is 6.99. The third kappa shape index (κ3) is 2.92. The number of hydrogen-bond donors (Lipinski definition) is 0. The monoisotopic (exact) mass is 309 g/mol. The van der Waals surface area contributed by atoms with Crippen molar-refractivity contribution in [1.82, 2.24) is 0 Å². The van der Waals surface area contributed by atoms with Crippen LogP contribution in [0.1, 0.15) is 11.1 Å². The van der Waals surface area contributed by atoms with Gasteiger partial charge < -0.3 is 18.9 Å². The van der Waals surface area contributed by atoms with Gasteiger partial charge in [-0.25, -0.2) is 0 Å². The summed E-state index contributed by atoms with van der Waals surface area (Å²) in [7, 11) is 3.16. The molecule has 5 nitrogen and oxygen atoms in total. The predicted octanol–water partition coefficient (Wildman–Crippen LogP) is 3.50. The van der Waals surface area contributed by atoms with Crippen LogP contribution >= 0.6 is 0 Å². The number of nitriles is 1. The van der Waals surface area contributed by atoms with E-state index in [1.54, 1.807) is 38.5 Å². The van der Waals surface area contributed by atoms with Gasteiger partial charge in [0.15, 0.2) is 23.0 Å². The van der Waals surface area contributed by atoms with Crippen molar-refractivity contribution in [2.45, 2.75) is 0 Å². The summed E-state index contributed by atoms with van der Waals surface area (Å²) < 4.78 is 21.1. The van der Waals surface area contributed by atoms with E-state index in [2.05, 4.69) is 6.07 Å². The highest BCUT2D eigenvalue weighted by atomic mass is 16.7. The van der Waals surface area contributed by atoms with Gasteiger partial charge in [0.1, 0.15) is 0 Å². The van der Waals surface area contributed by atoms with E-state index in [1.165, 1.54) is 0 Å². The maximum absolute atomic E-state index is 9.47. The molecule has 0 atom stereocenters. The third-order valence-corrected chi connectivity index (χ3v) is 3.52. The van der Waals surface area contributed by atoms with Crippen molar-refractivity contribution in [2.75, 3.05) is 21.0 Å². The van der Waals surface area contributed by atoms with E-state index in [9.17, 15) is 5.26 Å². The Hall–Kier alpha value is -3.13. The quantitative estimate of drug-likeness (QED) is 0.639. The van der Waals surface area contributed by atoms with Crippen LogP contribution in [0.4, 0.5) is 0 Å². The molecular formula is C18H15NO4. The SMILES string of the molecule is COc1ccc(/C=C(\C#N)c2ccc3c(c2)OCO3)cc1OC. The molecule has 0 unspecified atom stereocenters. The van der Waals surface area contributed by atoms with Gasteiger partial charge in [0, 0.05) is 0 Å². The first-order chi connectivity index (χ1) is 11.2. The average Bonchev–Trinajstić information content (AvgIpc) is 3.07. The Morgan fingerprint density at radius 2 is 1.83 bits per heavy atom. The first kappa shape index (κ1) is 14.8. The van der Waals surface area contributed by atoms with Crippen LogP contribution in [0.25, 0.3) is 11.6 Å². The number of benzene rings is 2. The summed E-state index contributed by atoms with van der Waals surface area (Å²) in [4.78, 5) is 0. The number of allylic oxidation sites excluding steroid dienone is 1. The maximum atomic E-state index is 9.47. The zero-order valence-electron chi connectivity index (χ0n) is 12.8. The molecule has 0 aliphatic carbocycles. The highest BCUT2D eigenvalue weighted by molar-refractivity contribution is 5.90. The van der Waals surface area contributed by atoms with Crippen molar-refractivity contribution in [1.29, 1.82) is 5.26 Å². The van der Waals surface area contributed by atoms with Crippen LogP contribution in [-0.4, -0.2) is 21.0 Å². The van der Waals surface area contributed by atoms with Crippen LogP contribution in [0, 0.1) is 11.3 Å². The van der Waals surface area contributed by atoms with Crippen LogP contribution in [0.3, 0.4) is 0 Å². The minimum atomic E-state index is 0.208. The van der Waals surface area contributed by atoms with Gasteiger partial charge in [0.2, 0.25) is 6.79 Å². The molecule has 0 fully saturated rings. The van der Waals surface area contributed by atoms with Gasteiger partial charge in [-0.3, -0.25) is 0 Å². The van der Waals surface area contributed by atoms with Crippen LogP contribution in [-0.2, 0) is 0 Å². The number of hydrogen-bond acceptors (Lipinski definition) is 5. The van der Waals surface area contributed by atoms with Crippen molar-refractivity contribution in [3.05, 3.63) is 47.5 Å². The minimum absolute atomic E-state index is 0.208. The molecule has 3 rings (SSSR count). The van der Waals surface area contributed by atoms with Crippen molar-refractivity contribution in [3.8, 4) is 29.1 Å². The van der Waals surface area contributed by atoms with Gasteiger partial charge in [0.25, 0.3) is 0 Å². The molecule has 116 valence electrons. The molecule has 0 spiro atoms. The molecule has 1 aliphatic heterocycles. The lowest BCUT2D eigenvalue weighted by atomic mass is 10.0. The Kier molecular flexibility index (Phi) is 4.07. The summed E-state index contributed by atoms with van der Waals surface area (Å²) in [6.07, 6.45) is 1.79. The molecule has 0 aromatic heterocycles. The lowest BCUT2D eigenvalue weighted by Crippen LogP contribution is -1.92. The van der Waals surface area contributed by atoms with E-state index in [0.29, 0.717) is 28.6 Å². The van der Waals surface area contributed by atoms with E-state index in [0.717, 1.165) is 11.1 Å². The average molecular weight is 309 g/mol. The van der Waals surface area contributed by atoms with Gasteiger partial charge in [-0.2, -0.15) is 5.26 Å². The summed E-state index contributed by atoms with van der Waals surface area (Å²) in [5.74, 6) is 2.60. The smallest absolute Gasteiger partial charge is 0.231 e. The van der Waals surface area contributed by atoms with E-state index in [4.69, 9.17) is 18.9 Å². The molecule has 2 aromatic rings. The van der Waals surface area contributed by atoms with Crippen molar-refractivity contribution >= 4 is 11.6 Å². The van der Waals surface area contributed by atoms with Crippen LogP contribution in [0.5, 0.6) is 23.0 Å². The third-order valence-electron chi connectivity index (χ3n) is 3.52. The van der Waals surface area contributed by atoms with Crippen molar-refractivity contribution < 1.29 is 18.9 Å². The second kappa shape index (κ2) is 6.32. The van der Waals surface area contributed by atoms with Crippen LogP contribution < -0.4 is 18.9 Å². The number of fused-ring (bicyclic) bond motifs is 1. The molecule has 0 saturated carbocycles. The molecule has 2 aromatic carbocycles. The number of nitrogens with zero attached hydrogens (tertiary/aromatic N) is 1. The van der Waals surface area contributed by atoms with Crippen molar-refractivity contribution in [2.24, 2.45) is 0 Å². The molecule has 23 heavy (non-hydrogen) atoms. The van der Waals surface area contributed by atoms with Gasteiger partial charge in [-0.15, -0.1) is 0 Å². The highest BCUT2D eigenvalue weighted by Crippen LogP contribution is 2.35. The second-order valence-corrected chi connectivity index (χ2v) is 4.85. The van der Waals surface area contributed by atoms with E-state index >= 15 is 0 Å². The zero-order valence-corrected chi connectivity index (χ0v) is 12.8. The first-order valence-electron chi connectivity index (χ1n) is 6.99. The van der Waals surface area contributed by atoms with E-state index < -0.39 is 0 Å². The molecule has 0 amide bonds. The number of rotatable bonds is 4. The fraction of sp³-hybridized carbons (Fsp3) is 0.167. The van der Waals surface area contributed by atoms with Gasteiger partial charge in [-0.1, -0.05) is 6.07 Å². The van der Waals surface area contributed by atoms with E-state index in [1.807, 2.05) is 18.2 Å². The molecule has 0 radical (unpaired) electrons. The molecule has 1 aliphatic rings. The Bertz CT molecular complexity index is 805. The largest absolute Gasteiger partial charge is 0.493 e. The molecular weight excluding hydrogens is 294 g/mol. The number of ether oxygens (including phenoxy) is 4. The fourth-order valence-electron chi connectivity index (χ4n) is 2.35. The topological polar surface area (TPSA) is 60.7 Å². The summed E-state index contributed by atoms with van der Waals surface area (Å²) in [5, 5.41) is 9.47. The Morgan fingerprint density at radius 3 is 2.57 bits per heavy atom. The summed E-state index contributed by atoms with van der Waals surface area (Å²) >= 11 is 0. The van der Waals surface area contributed by atoms with Crippen LogP contribution in [0.2, 0.25) is 0 Å². The fourth-order valence-corrected chi connectivity index (χ4v) is 2.35. The molecule has 0 bridgehead atoms. The predicted molar refractivity (Wildman–Crippen MR) is 85.6 cm³/mol. The Labute approximate surface area is 134 Å². The van der Waals surface area contributed by atoms with E-state index in [-0.39, 0.29) is 6.79 Å². The lowest BCUT2D eigenvalue weighted by molar-refractivity contribution is 0.174. The summed E-state index contributed by atoms with van der Waals surface area (Å²) in [6, 6.07) is 13.2. The zero-order chi connectivity index (χ0) is 16.2. The normalized spacial score (nSPS) is 12.7. The Balaban J connectivity index is 1.98. The van der Waals surface area contributed by atoms with Crippen LogP contribution in [0.15, 0.2) is 36.4 Å². The summed E-state index contributed by atoms with van der Waals surface area (Å²) in [5.41, 5.74) is 2.14. The molecule has 1 heterocycles. The summed E-state index contributed by atoms with van der Waals surface area (Å²) in [6.45, 7) is 0.208. The number of methoxy groups -OCH3 is 2. The Morgan fingerprint density at radius 1 is 1.04 bits per heavy atom.